The van der Waals surface area contributed by atoms with Gasteiger partial charge in [-0.15, -0.1) is 11.3 Å². The Morgan fingerprint density at radius 1 is 1.62 bits per heavy atom. The molecule has 0 saturated carbocycles. The van der Waals surface area contributed by atoms with E-state index in [9.17, 15) is 9.90 Å². The second-order valence-electron chi connectivity index (χ2n) is 2.93. The molecule has 0 aliphatic rings. The van der Waals surface area contributed by atoms with Gasteiger partial charge in [-0.2, -0.15) is 0 Å². The van der Waals surface area contributed by atoms with Crippen LogP contribution in [0.15, 0.2) is 5.38 Å². The van der Waals surface area contributed by atoms with Gasteiger partial charge in [0.05, 0.1) is 5.69 Å². The highest BCUT2D eigenvalue weighted by molar-refractivity contribution is 7.11. The number of thiazole rings is 1. The first-order valence-electron chi connectivity index (χ1n) is 4.30. The molecule has 0 aliphatic carbocycles. The smallest absolute Gasteiger partial charge is 0.178 e. The van der Waals surface area contributed by atoms with Crippen molar-refractivity contribution < 1.29 is 9.90 Å². The Kier molecular flexibility index (Phi) is 3.17. The molecule has 1 aromatic heterocycles. The third-order valence-corrected chi connectivity index (χ3v) is 3.04. The Hall–Kier alpha value is -0.740. The van der Waals surface area contributed by atoms with Crippen LogP contribution >= 0.6 is 11.3 Å². The second-order valence-corrected chi connectivity index (χ2v) is 3.82. The van der Waals surface area contributed by atoms with Gasteiger partial charge < -0.3 is 5.11 Å². The molecule has 0 radical (unpaired) electrons. The lowest BCUT2D eigenvalue weighted by Crippen LogP contribution is -2.23. The Bertz CT molecular complexity index is 292. The first-order chi connectivity index (χ1) is 6.16. The molecule has 0 saturated heterocycles. The number of aliphatic hydroxyl groups is 1. The molecule has 0 amide bonds. The van der Waals surface area contributed by atoms with E-state index >= 15 is 0 Å². The molecule has 0 spiro atoms. The van der Waals surface area contributed by atoms with E-state index in [0.717, 1.165) is 0 Å². The monoisotopic (exact) mass is 199 g/mol. The van der Waals surface area contributed by atoms with Crippen molar-refractivity contribution in [2.45, 2.75) is 32.3 Å². The quantitative estimate of drug-likeness (QED) is 0.754. The topological polar surface area (TPSA) is 50.2 Å². The SMILES string of the molecule is CCC(O)(CC)c1csc(C=O)n1. The van der Waals surface area contributed by atoms with E-state index in [-0.39, 0.29) is 0 Å². The number of rotatable bonds is 4. The predicted octanol–water partition coefficient (Wildman–Crippen LogP) is 1.96. The summed E-state index contributed by atoms with van der Waals surface area (Å²) in [6, 6.07) is 0. The van der Waals surface area contributed by atoms with Gasteiger partial charge in [0.2, 0.25) is 0 Å². The maximum absolute atomic E-state index is 10.4. The van der Waals surface area contributed by atoms with Crippen molar-refractivity contribution in [3.8, 4) is 0 Å². The molecule has 13 heavy (non-hydrogen) atoms. The average Bonchev–Trinajstić information content (AvgIpc) is 2.65. The predicted molar refractivity (Wildman–Crippen MR) is 52.0 cm³/mol. The molecular weight excluding hydrogens is 186 g/mol. The van der Waals surface area contributed by atoms with Gasteiger partial charge in [0.1, 0.15) is 5.60 Å². The third kappa shape index (κ3) is 1.95. The molecule has 3 nitrogen and oxygen atoms in total. The normalized spacial score (nSPS) is 11.6. The van der Waals surface area contributed by atoms with Crippen LogP contribution < -0.4 is 0 Å². The van der Waals surface area contributed by atoms with E-state index in [1.807, 2.05) is 13.8 Å². The summed E-state index contributed by atoms with van der Waals surface area (Å²) in [7, 11) is 0. The van der Waals surface area contributed by atoms with Crippen molar-refractivity contribution in [2.75, 3.05) is 0 Å². The Balaban J connectivity index is 2.98. The van der Waals surface area contributed by atoms with Crippen molar-refractivity contribution in [3.05, 3.63) is 16.1 Å². The summed E-state index contributed by atoms with van der Waals surface area (Å²) < 4.78 is 0. The number of aldehydes is 1. The summed E-state index contributed by atoms with van der Waals surface area (Å²) in [6.07, 6.45) is 1.94. The molecule has 0 aromatic carbocycles. The van der Waals surface area contributed by atoms with Gasteiger partial charge in [-0.05, 0) is 12.8 Å². The molecule has 0 bridgehead atoms. The van der Waals surface area contributed by atoms with Crippen LogP contribution in [-0.2, 0) is 5.60 Å². The van der Waals surface area contributed by atoms with Gasteiger partial charge in [-0.1, -0.05) is 13.8 Å². The summed E-state index contributed by atoms with van der Waals surface area (Å²) in [5.41, 5.74) is -0.248. The number of carbonyl (C=O) groups is 1. The number of carbonyl (C=O) groups excluding carboxylic acids is 1. The van der Waals surface area contributed by atoms with Gasteiger partial charge >= 0.3 is 0 Å². The molecule has 72 valence electrons. The van der Waals surface area contributed by atoms with Crippen molar-refractivity contribution >= 4 is 17.6 Å². The lowest BCUT2D eigenvalue weighted by molar-refractivity contribution is 0.0245. The molecule has 0 unspecified atom stereocenters. The largest absolute Gasteiger partial charge is 0.384 e. The summed E-state index contributed by atoms with van der Waals surface area (Å²) in [5.74, 6) is 0. The highest BCUT2D eigenvalue weighted by Gasteiger charge is 2.27. The van der Waals surface area contributed by atoms with E-state index in [0.29, 0.717) is 29.8 Å². The summed E-state index contributed by atoms with van der Waals surface area (Å²) in [6.45, 7) is 3.81. The fraction of sp³-hybridized carbons (Fsp3) is 0.556. The lowest BCUT2D eigenvalue weighted by atomic mass is 9.94. The van der Waals surface area contributed by atoms with Crippen LogP contribution in [-0.4, -0.2) is 16.4 Å². The summed E-state index contributed by atoms with van der Waals surface area (Å²) >= 11 is 1.27. The van der Waals surface area contributed by atoms with Gasteiger partial charge in [-0.3, -0.25) is 4.79 Å². The highest BCUT2D eigenvalue weighted by Crippen LogP contribution is 2.28. The molecular formula is C9H13NO2S. The van der Waals surface area contributed by atoms with Crippen molar-refractivity contribution in [1.82, 2.24) is 4.98 Å². The molecule has 0 aliphatic heterocycles. The number of aromatic nitrogens is 1. The highest BCUT2D eigenvalue weighted by atomic mass is 32.1. The maximum Gasteiger partial charge on any atom is 0.178 e. The van der Waals surface area contributed by atoms with E-state index in [1.165, 1.54) is 11.3 Å². The van der Waals surface area contributed by atoms with Crippen LogP contribution in [0.1, 0.15) is 42.2 Å². The fourth-order valence-electron chi connectivity index (χ4n) is 1.17. The van der Waals surface area contributed by atoms with Crippen LogP contribution in [0, 0.1) is 0 Å². The van der Waals surface area contributed by atoms with E-state index in [1.54, 1.807) is 5.38 Å². The van der Waals surface area contributed by atoms with Crippen molar-refractivity contribution in [1.29, 1.82) is 0 Å². The third-order valence-electron chi connectivity index (χ3n) is 2.27. The van der Waals surface area contributed by atoms with Gasteiger partial charge in [0.15, 0.2) is 11.3 Å². The van der Waals surface area contributed by atoms with Crippen molar-refractivity contribution in [2.24, 2.45) is 0 Å². The van der Waals surface area contributed by atoms with Gasteiger partial charge in [-0.25, -0.2) is 4.98 Å². The zero-order chi connectivity index (χ0) is 9.90. The van der Waals surface area contributed by atoms with E-state index in [2.05, 4.69) is 4.98 Å². The fourth-order valence-corrected chi connectivity index (χ4v) is 1.88. The van der Waals surface area contributed by atoms with Crippen LogP contribution in [0.25, 0.3) is 0 Å². The first kappa shape index (κ1) is 10.3. The summed E-state index contributed by atoms with van der Waals surface area (Å²) in [4.78, 5) is 14.4. The molecule has 1 aromatic rings. The molecule has 1 rings (SSSR count). The van der Waals surface area contributed by atoms with Gasteiger partial charge in [0.25, 0.3) is 0 Å². The maximum atomic E-state index is 10.4. The van der Waals surface area contributed by atoms with Crippen molar-refractivity contribution in [3.63, 3.8) is 0 Å². The molecule has 4 heteroatoms. The number of hydrogen-bond acceptors (Lipinski definition) is 4. The lowest BCUT2D eigenvalue weighted by Gasteiger charge is -2.22. The standard InChI is InChI=1S/C9H13NO2S/c1-3-9(12,4-2)7-6-13-8(5-11)10-7/h5-6,12H,3-4H2,1-2H3. The van der Waals surface area contributed by atoms with E-state index < -0.39 is 5.60 Å². The Morgan fingerprint density at radius 2 is 2.23 bits per heavy atom. The zero-order valence-electron chi connectivity index (χ0n) is 7.78. The first-order valence-corrected chi connectivity index (χ1v) is 5.17. The molecule has 1 N–H and O–H groups in total. The summed E-state index contributed by atoms with van der Waals surface area (Å²) in [5, 5.41) is 12.2. The molecule has 1 heterocycles. The second kappa shape index (κ2) is 3.98. The molecule has 0 fully saturated rings. The average molecular weight is 199 g/mol. The Labute approximate surface area is 81.4 Å². The number of nitrogens with zero attached hydrogens (tertiary/aromatic N) is 1. The van der Waals surface area contributed by atoms with Crippen LogP contribution in [0.2, 0.25) is 0 Å². The van der Waals surface area contributed by atoms with Crippen LogP contribution in [0.4, 0.5) is 0 Å². The zero-order valence-corrected chi connectivity index (χ0v) is 8.60. The van der Waals surface area contributed by atoms with Crippen LogP contribution in [0.5, 0.6) is 0 Å². The number of hydrogen-bond donors (Lipinski definition) is 1. The minimum Gasteiger partial charge on any atom is -0.384 e. The minimum absolute atomic E-state index is 0.426. The Morgan fingerprint density at radius 3 is 2.62 bits per heavy atom. The van der Waals surface area contributed by atoms with Crippen LogP contribution in [0.3, 0.4) is 0 Å². The molecule has 0 atom stereocenters. The van der Waals surface area contributed by atoms with Gasteiger partial charge in [0, 0.05) is 5.38 Å². The minimum atomic E-state index is -0.863. The van der Waals surface area contributed by atoms with E-state index in [4.69, 9.17) is 0 Å².